The average Bonchev–Trinajstić information content (AvgIpc) is 3.23. The van der Waals surface area contributed by atoms with Crippen LogP contribution in [0.15, 0.2) is 60.8 Å². The van der Waals surface area contributed by atoms with Crippen molar-refractivity contribution in [1.82, 2.24) is 19.7 Å². The molecule has 4 aromatic rings. The van der Waals surface area contributed by atoms with E-state index in [0.717, 1.165) is 12.5 Å². The van der Waals surface area contributed by atoms with Crippen LogP contribution in [0.1, 0.15) is 34.1 Å². The predicted octanol–water partition coefficient (Wildman–Crippen LogP) is 4.97. The van der Waals surface area contributed by atoms with E-state index >= 15 is 0 Å². The number of carbonyl (C=O) groups excluding carboxylic acids is 1. The topological polar surface area (TPSA) is 111 Å². The molecule has 4 N–H and O–H groups in total. The number of carbonyl (C=O) groups is 1. The lowest BCUT2D eigenvalue weighted by molar-refractivity contribution is 0.0174. The number of nitrogens with two attached hydrogens (primary N) is 1. The third kappa shape index (κ3) is 5.01. The highest BCUT2D eigenvalue weighted by molar-refractivity contribution is 6.04. The van der Waals surface area contributed by atoms with E-state index in [9.17, 15) is 13.6 Å². The van der Waals surface area contributed by atoms with Gasteiger partial charge in [-0.05, 0) is 43.7 Å². The molecule has 174 valence electrons. The van der Waals surface area contributed by atoms with Gasteiger partial charge >= 0.3 is 0 Å². The van der Waals surface area contributed by atoms with E-state index in [-0.39, 0.29) is 17.1 Å². The van der Waals surface area contributed by atoms with Gasteiger partial charge in [-0.3, -0.25) is 4.79 Å². The number of anilines is 4. The SMILES string of the molecule is Cc1cc(-n2nccc2Nc2cc(NC(=O)c3cccc(C(C)(F)F)c3)ccc2C)nc(N)n1. The highest BCUT2D eigenvalue weighted by Crippen LogP contribution is 2.28. The molecule has 2 aromatic carbocycles. The average molecular weight is 463 g/mol. The summed E-state index contributed by atoms with van der Waals surface area (Å²) in [6, 6.07) is 14.3. The summed E-state index contributed by atoms with van der Waals surface area (Å²) in [6.07, 6.45) is 1.62. The molecule has 8 nitrogen and oxygen atoms in total. The van der Waals surface area contributed by atoms with Crippen LogP contribution in [0.2, 0.25) is 0 Å². The highest BCUT2D eigenvalue weighted by Gasteiger charge is 2.25. The Morgan fingerprint density at radius 1 is 1.06 bits per heavy atom. The van der Waals surface area contributed by atoms with Gasteiger partial charge in [-0.25, -0.2) is 13.8 Å². The van der Waals surface area contributed by atoms with Crippen molar-refractivity contribution in [3.63, 3.8) is 0 Å². The molecule has 0 fully saturated rings. The van der Waals surface area contributed by atoms with Gasteiger partial charge in [0.05, 0.1) is 6.20 Å². The Morgan fingerprint density at radius 2 is 1.85 bits per heavy atom. The number of hydrogen-bond donors (Lipinski definition) is 3. The Morgan fingerprint density at radius 3 is 2.59 bits per heavy atom. The number of alkyl halides is 2. The standard InChI is InChI=1S/C24H23F2N7O/c1-14-7-8-18(30-22(34)16-5-4-6-17(12-16)24(3,25)26)13-19(14)31-20-9-10-28-33(20)21-11-15(2)29-23(27)32-21/h4-13,31H,1-3H3,(H,30,34)(H2,27,29,32). The Balaban J connectivity index is 1.57. The number of aryl methyl sites for hydroxylation is 2. The zero-order valence-electron chi connectivity index (χ0n) is 18.8. The van der Waals surface area contributed by atoms with E-state index in [2.05, 4.69) is 25.7 Å². The summed E-state index contributed by atoms with van der Waals surface area (Å²) in [5.74, 6) is -2.25. The molecule has 2 aromatic heterocycles. The molecule has 0 radical (unpaired) electrons. The van der Waals surface area contributed by atoms with E-state index < -0.39 is 11.8 Å². The van der Waals surface area contributed by atoms with Gasteiger partial charge in [0, 0.05) is 47.3 Å². The molecular weight excluding hydrogens is 440 g/mol. The molecule has 0 aliphatic carbocycles. The minimum Gasteiger partial charge on any atom is -0.368 e. The van der Waals surface area contributed by atoms with Crippen molar-refractivity contribution in [2.75, 3.05) is 16.4 Å². The first-order valence-corrected chi connectivity index (χ1v) is 10.4. The van der Waals surface area contributed by atoms with Gasteiger partial charge in [0.1, 0.15) is 5.82 Å². The molecule has 0 bridgehead atoms. The zero-order valence-corrected chi connectivity index (χ0v) is 18.8. The number of benzene rings is 2. The van der Waals surface area contributed by atoms with E-state index in [4.69, 9.17) is 5.73 Å². The molecule has 2 heterocycles. The summed E-state index contributed by atoms with van der Waals surface area (Å²) in [6.45, 7) is 4.52. The van der Waals surface area contributed by atoms with E-state index in [1.807, 2.05) is 19.9 Å². The Hall–Kier alpha value is -4.34. The Labute approximate surface area is 194 Å². The molecule has 0 saturated carbocycles. The van der Waals surface area contributed by atoms with Crippen molar-refractivity contribution in [3.05, 3.63) is 83.2 Å². The van der Waals surface area contributed by atoms with E-state index in [1.165, 1.54) is 24.3 Å². The summed E-state index contributed by atoms with van der Waals surface area (Å²) in [5.41, 5.74) is 8.53. The number of nitrogens with one attached hydrogen (secondary N) is 2. The third-order valence-electron chi connectivity index (χ3n) is 5.11. The number of halogens is 2. The highest BCUT2D eigenvalue weighted by atomic mass is 19.3. The molecule has 0 spiro atoms. The summed E-state index contributed by atoms with van der Waals surface area (Å²) < 4.78 is 28.9. The number of hydrogen-bond acceptors (Lipinski definition) is 6. The first-order valence-electron chi connectivity index (χ1n) is 10.4. The second-order valence-electron chi connectivity index (χ2n) is 7.93. The van der Waals surface area contributed by atoms with Crippen molar-refractivity contribution in [3.8, 4) is 5.82 Å². The van der Waals surface area contributed by atoms with Crippen LogP contribution in [0.25, 0.3) is 5.82 Å². The quantitative estimate of drug-likeness (QED) is 0.372. The Bertz CT molecular complexity index is 1340. The molecular formula is C24H23F2N7O. The van der Waals surface area contributed by atoms with Crippen LogP contribution in [0.4, 0.5) is 31.9 Å². The first kappa shape index (κ1) is 22.8. The van der Waals surface area contributed by atoms with E-state index in [1.54, 1.807) is 35.1 Å². The summed E-state index contributed by atoms with van der Waals surface area (Å²) >= 11 is 0. The largest absolute Gasteiger partial charge is 0.368 e. The molecule has 10 heteroatoms. The van der Waals surface area contributed by atoms with Crippen LogP contribution in [0, 0.1) is 13.8 Å². The van der Waals surface area contributed by atoms with Gasteiger partial charge in [-0.1, -0.05) is 18.2 Å². The van der Waals surface area contributed by atoms with Crippen LogP contribution in [0.5, 0.6) is 0 Å². The molecule has 0 aliphatic rings. The zero-order chi connectivity index (χ0) is 24.5. The van der Waals surface area contributed by atoms with Crippen molar-refractivity contribution >= 4 is 29.0 Å². The van der Waals surface area contributed by atoms with Crippen molar-refractivity contribution < 1.29 is 13.6 Å². The monoisotopic (exact) mass is 463 g/mol. The molecule has 1 amide bonds. The maximum Gasteiger partial charge on any atom is 0.270 e. The Kier molecular flexibility index (Phi) is 5.97. The van der Waals surface area contributed by atoms with Gasteiger partial charge < -0.3 is 16.4 Å². The first-order chi connectivity index (χ1) is 16.1. The lowest BCUT2D eigenvalue weighted by Crippen LogP contribution is -2.14. The van der Waals surface area contributed by atoms with Crippen LogP contribution in [-0.2, 0) is 5.92 Å². The second kappa shape index (κ2) is 8.89. The number of nitrogens with zero attached hydrogens (tertiary/aromatic N) is 4. The van der Waals surface area contributed by atoms with Gasteiger partial charge in [0.2, 0.25) is 5.95 Å². The summed E-state index contributed by atoms with van der Waals surface area (Å²) in [4.78, 5) is 21.0. The number of aromatic nitrogens is 4. The normalized spacial score (nSPS) is 11.3. The molecule has 4 rings (SSSR count). The fourth-order valence-electron chi connectivity index (χ4n) is 3.37. The number of amides is 1. The predicted molar refractivity (Wildman–Crippen MR) is 127 cm³/mol. The lowest BCUT2D eigenvalue weighted by atomic mass is 10.1. The summed E-state index contributed by atoms with van der Waals surface area (Å²) in [7, 11) is 0. The van der Waals surface area contributed by atoms with Crippen molar-refractivity contribution in [2.45, 2.75) is 26.7 Å². The van der Waals surface area contributed by atoms with Gasteiger partial charge in [0.25, 0.3) is 11.8 Å². The van der Waals surface area contributed by atoms with Gasteiger partial charge in [-0.2, -0.15) is 14.8 Å². The van der Waals surface area contributed by atoms with Gasteiger partial charge in [0.15, 0.2) is 5.82 Å². The van der Waals surface area contributed by atoms with Gasteiger partial charge in [-0.15, -0.1) is 0 Å². The molecule has 0 unspecified atom stereocenters. The summed E-state index contributed by atoms with van der Waals surface area (Å²) in [5, 5.41) is 10.4. The van der Waals surface area contributed by atoms with Crippen LogP contribution in [-0.4, -0.2) is 25.7 Å². The molecule has 0 saturated heterocycles. The minimum absolute atomic E-state index is 0.141. The lowest BCUT2D eigenvalue weighted by Gasteiger charge is -2.14. The van der Waals surface area contributed by atoms with Crippen molar-refractivity contribution in [2.24, 2.45) is 0 Å². The smallest absolute Gasteiger partial charge is 0.270 e. The number of nitrogen functional groups attached to an aromatic ring is 1. The maximum absolute atomic E-state index is 13.6. The van der Waals surface area contributed by atoms with Crippen molar-refractivity contribution in [1.29, 1.82) is 0 Å². The molecule has 0 aliphatic heterocycles. The minimum atomic E-state index is -3.03. The second-order valence-corrected chi connectivity index (χ2v) is 7.93. The molecule has 34 heavy (non-hydrogen) atoms. The molecule has 0 atom stereocenters. The third-order valence-corrected chi connectivity index (χ3v) is 5.11. The van der Waals surface area contributed by atoms with E-state index in [0.29, 0.717) is 28.7 Å². The van der Waals surface area contributed by atoms with Crippen LogP contribution < -0.4 is 16.4 Å². The maximum atomic E-state index is 13.6. The number of rotatable bonds is 6. The fourth-order valence-corrected chi connectivity index (χ4v) is 3.37. The van der Waals surface area contributed by atoms with Crippen LogP contribution >= 0.6 is 0 Å². The fraction of sp³-hybridized carbons (Fsp3) is 0.167. The van der Waals surface area contributed by atoms with Crippen LogP contribution in [0.3, 0.4) is 0 Å².